The number of nitrogens with one attached hydrogen (secondary N) is 3. The molecule has 0 saturated heterocycles. The highest BCUT2D eigenvalue weighted by Crippen LogP contribution is 2.30. The summed E-state index contributed by atoms with van der Waals surface area (Å²) in [4.78, 5) is 24.6. The van der Waals surface area contributed by atoms with Gasteiger partial charge in [-0.25, -0.2) is 13.1 Å². The van der Waals surface area contributed by atoms with E-state index >= 15 is 0 Å². The van der Waals surface area contributed by atoms with E-state index in [1.165, 1.54) is 6.07 Å². The van der Waals surface area contributed by atoms with Gasteiger partial charge in [-0.05, 0) is 60.7 Å². The van der Waals surface area contributed by atoms with E-state index < -0.39 is 10.0 Å². The number of carbonyl (C=O) groups is 2. The van der Waals surface area contributed by atoms with Gasteiger partial charge in [-0.3, -0.25) is 9.59 Å². The van der Waals surface area contributed by atoms with Crippen molar-refractivity contribution in [1.29, 1.82) is 0 Å². The summed E-state index contributed by atoms with van der Waals surface area (Å²) < 4.78 is 28.3. The Balaban J connectivity index is 1.37. The Bertz CT molecular complexity index is 1290. The van der Waals surface area contributed by atoms with Crippen molar-refractivity contribution >= 4 is 27.5 Å². The fraction of sp³-hybridized carbons (Fsp3) is 0.231. The zero-order chi connectivity index (χ0) is 24.1. The monoisotopic (exact) mass is 477 g/mol. The van der Waals surface area contributed by atoms with Gasteiger partial charge in [-0.2, -0.15) is 0 Å². The van der Waals surface area contributed by atoms with Crippen LogP contribution in [0.15, 0.2) is 77.7 Å². The van der Waals surface area contributed by atoms with Crippen LogP contribution in [0.1, 0.15) is 39.9 Å². The lowest BCUT2D eigenvalue weighted by Crippen LogP contribution is -2.26. The predicted octanol–water partition coefficient (Wildman–Crippen LogP) is 3.75. The van der Waals surface area contributed by atoms with Gasteiger partial charge in [0.2, 0.25) is 15.9 Å². The number of hydrogen-bond acceptors (Lipinski definition) is 4. The van der Waals surface area contributed by atoms with Gasteiger partial charge < -0.3 is 10.6 Å². The van der Waals surface area contributed by atoms with Crippen LogP contribution >= 0.6 is 0 Å². The van der Waals surface area contributed by atoms with Crippen LogP contribution in [0.2, 0.25) is 0 Å². The summed E-state index contributed by atoms with van der Waals surface area (Å²) in [6, 6.07) is 21.1. The third-order valence-electron chi connectivity index (χ3n) is 5.67. The molecule has 1 aliphatic rings. The normalized spacial score (nSPS) is 13.3. The zero-order valence-electron chi connectivity index (χ0n) is 18.9. The first kappa shape index (κ1) is 23.7. The maximum atomic E-state index is 12.9. The Hall–Kier alpha value is -3.49. The topological polar surface area (TPSA) is 104 Å². The second-order valence-corrected chi connectivity index (χ2v) is 10.2. The number of amides is 2. The number of hydrogen-bond donors (Lipinski definition) is 3. The van der Waals surface area contributed by atoms with Gasteiger partial charge in [-0.15, -0.1) is 0 Å². The number of benzene rings is 3. The molecule has 1 saturated carbocycles. The minimum Gasteiger partial charge on any atom is -0.348 e. The largest absolute Gasteiger partial charge is 0.348 e. The van der Waals surface area contributed by atoms with Crippen molar-refractivity contribution in [3.8, 4) is 0 Å². The predicted molar refractivity (Wildman–Crippen MR) is 131 cm³/mol. The lowest BCUT2D eigenvalue weighted by atomic mass is 10.1. The first-order valence-corrected chi connectivity index (χ1v) is 12.6. The van der Waals surface area contributed by atoms with Crippen molar-refractivity contribution < 1.29 is 18.0 Å². The number of sulfonamides is 1. The summed E-state index contributed by atoms with van der Waals surface area (Å²) in [5.41, 5.74) is 3.25. The number of anilines is 1. The molecule has 0 unspecified atom stereocenters. The van der Waals surface area contributed by atoms with Crippen molar-refractivity contribution in [3.63, 3.8) is 0 Å². The first-order valence-electron chi connectivity index (χ1n) is 11.1. The van der Waals surface area contributed by atoms with E-state index in [-0.39, 0.29) is 41.3 Å². The third kappa shape index (κ3) is 6.09. The lowest BCUT2D eigenvalue weighted by molar-refractivity contribution is -0.117. The van der Waals surface area contributed by atoms with Crippen LogP contribution in [0.5, 0.6) is 0 Å². The Morgan fingerprint density at radius 1 is 0.882 bits per heavy atom. The molecule has 8 heteroatoms. The van der Waals surface area contributed by atoms with E-state index in [0.29, 0.717) is 5.56 Å². The van der Waals surface area contributed by atoms with Gasteiger partial charge in [0, 0.05) is 30.3 Å². The van der Waals surface area contributed by atoms with E-state index in [4.69, 9.17) is 0 Å². The molecule has 0 radical (unpaired) electrons. The molecule has 2 amide bonds. The van der Waals surface area contributed by atoms with Crippen LogP contribution in [0, 0.1) is 12.8 Å². The molecule has 7 nitrogen and oxygen atoms in total. The van der Waals surface area contributed by atoms with Gasteiger partial charge in [0.1, 0.15) is 0 Å². The summed E-state index contributed by atoms with van der Waals surface area (Å²) in [5.74, 6) is -0.189. The summed E-state index contributed by atoms with van der Waals surface area (Å²) in [5, 5.41) is 5.70. The van der Waals surface area contributed by atoms with Crippen molar-refractivity contribution in [2.75, 3.05) is 5.32 Å². The van der Waals surface area contributed by atoms with Crippen LogP contribution in [-0.4, -0.2) is 20.2 Å². The zero-order valence-corrected chi connectivity index (χ0v) is 19.7. The van der Waals surface area contributed by atoms with Gasteiger partial charge in [0.25, 0.3) is 5.91 Å². The fourth-order valence-corrected chi connectivity index (χ4v) is 4.75. The van der Waals surface area contributed by atoms with Crippen LogP contribution in [0.3, 0.4) is 0 Å². The molecule has 34 heavy (non-hydrogen) atoms. The number of carbonyl (C=O) groups excluding carboxylic acids is 2. The molecule has 0 atom stereocenters. The van der Waals surface area contributed by atoms with Gasteiger partial charge in [0.15, 0.2) is 0 Å². The van der Waals surface area contributed by atoms with Crippen molar-refractivity contribution in [3.05, 3.63) is 95.1 Å². The van der Waals surface area contributed by atoms with Gasteiger partial charge in [0.05, 0.1) is 4.90 Å². The maximum Gasteiger partial charge on any atom is 0.251 e. The number of rotatable bonds is 9. The highest BCUT2D eigenvalue weighted by Gasteiger charge is 2.29. The van der Waals surface area contributed by atoms with Crippen molar-refractivity contribution in [2.24, 2.45) is 5.92 Å². The molecule has 0 aliphatic heterocycles. The van der Waals surface area contributed by atoms with E-state index in [2.05, 4.69) is 15.4 Å². The second-order valence-electron chi connectivity index (χ2n) is 8.43. The lowest BCUT2D eigenvalue weighted by Gasteiger charge is -2.12. The maximum absolute atomic E-state index is 12.9. The minimum absolute atomic E-state index is 0.0458. The highest BCUT2D eigenvalue weighted by molar-refractivity contribution is 7.89. The third-order valence-corrected chi connectivity index (χ3v) is 7.21. The minimum atomic E-state index is -3.79. The molecule has 0 heterocycles. The molecular formula is C26H27N3O4S. The van der Waals surface area contributed by atoms with E-state index in [1.54, 1.807) is 31.2 Å². The average molecular weight is 478 g/mol. The second kappa shape index (κ2) is 10.2. The molecule has 0 spiro atoms. The summed E-state index contributed by atoms with van der Waals surface area (Å²) in [6.45, 7) is 2.14. The summed E-state index contributed by atoms with van der Waals surface area (Å²) >= 11 is 0. The molecule has 1 aliphatic carbocycles. The van der Waals surface area contributed by atoms with Crippen LogP contribution in [0.4, 0.5) is 5.69 Å². The van der Waals surface area contributed by atoms with Gasteiger partial charge >= 0.3 is 0 Å². The molecule has 3 N–H and O–H groups in total. The molecular weight excluding hydrogens is 450 g/mol. The molecule has 0 aromatic heterocycles. The molecule has 176 valence electrons. The van der Waals surface area contributed by atoms with Crippen LogP contribution in [0.25, 0.3) is 0 Å². The summed E-state index contributed by atoms with van der Waals surface area (Å²) in [6.07, 6.45) is 1.89. The van der Waals surface area contributed by atoms with Crippen LogP contribution < -0.4 is 15.4 Å². The number of aryl methyl sites for hydroxylation is 1. The Morgan fingerprint density at radius 2 is 1.56 bits per heavy atom. The molecule has 1 fully saturated rings. The van der Waals surface area contributed by atoms with Crippen LogP contribution in [-0.2, 0) is 27.9 Å². The SMILES string of the molecule is Cc1ccc(C(=O)NCc2ccc(NC(=O)C3CC3)cc2)cc1S(=O)(=O)NCc1ccccc1. The highest BCUT2D eigenvalue weighted by atomic mass is 32.2. The van der Waals surface area contributed by atoms with E-state index in [0.717, 1.165) is 29.7 Å². The standard InChI is InChI=1S/C26H27N3O4S/c1-18-7-10-22(15-24(18)34(32,33)28-17-19-5-3-2-4-6-19)25(30)27-16-20-8-13-23(14-9-20)29-26(31)21-11-12-21/h2-10,13-15,21,28H,11-12,16-17H2,1H3,(H,27,30)(H,29,31). The average Bonchev–Trinajstić information content (AvgIpc) is 3.69. The summed E-state index contributed by atoms with van der Waals surface area (Å²) in [7, 11) is -3.79. The molecule has 3 aromatic rings. The molecule has 3 aromatic carbocycles. The molecule has 4 rings (SSSR count). The Morgan fingerprint density at radius 3 is 2.24 bits per heavy atom. The first-order chi connectivity index (χ1) is 16.3. The fourth-order valence-electron chi connectivity index (χ4n) is 3.46. The van der Waals surface area contributed by atoms with Gasteiger partial charge in [-0.1, -0.05) is 48.5 Å². The van der Waals surface area contributed by atoms with E-state index in [1.807, 2.05) is 42.5 Å². The van der Waals surface area contributed by atoms with E-state index in [9.17, 15) is 18.0 Å². The quantitative estimate of drug-likeness (QED) is 0.437. The van der Waals surface area contributed by atoms with Crippen molar-refractivity contribution in [1.82, 2.24) is 10.0 Å². The van der Waals surface area contributed by atoms with Crippen molar-refractivity contribution in [2.45, 2.75) is 37.8 Å². The molecule has 0 bridgehead atoms. The Kier molecular flexibility index (Phi) is 7.09. The smallest absolute Gasteiger partial charge is 0.251 e. The Labute approximate surface area is 199 Å².